The topological polar surface area (TPSA) is 74.6 Å². The van der Waals surface area contributed by atoms with Crippen molar-refractivity contribution in [1.29, 1.82) is 0 Å². The second-order valence-electron chi connectivity index (χ2n) is 9.31. The maximum absolute atomic E-state index is 12.5. The molecule has 0 spiro atoms. The number of benzene rings is 2. The molecule has 0 saturated carbocycles. The van der Waals surface area contributed by atoms with E-state index in [9.17, 15) is 18.0 Å². The zero-order chi connectivity index (χ0) is 29.0. The first kappa shape index (κ1) is 30.0. The fraction of sp³-hybridized carbons (Fsp3) is 0.357. The molecule has 0 aliphatic carbocycles. The Kier molecular flexibility index (Phi) is 9.34. The number of nitrogens with zero attached hydrogens (tertiary/aromatic N) is 2. The molecule has 0 aliphatic rings. The van der Waals surface area contributed by atoms with E-state index in [-0.39, 0.29) is 18.4 Å². The maximum Gasteiger partial charge on any atom is 0.573 e. The minimum absolute atomic E-state index is 0.181. The molecular weight excluding hydrogens is 535 g/mol. The second-order valence-corrected chi connectivity index (χ2v) is 9.72. The van der Waals surface area contributed by atoms with Crippen molar-refractivity contribution in [3.63, 3.8) is 0 Å². The summed E-state index contributed by atoms with van der Waals surface area (Å²) in [5.41, 5.74) is 2.35. The Hall–Kier alpha value is -3.50. The van der Waals surface area contributed by atoms with Crippen molar-refractivity contribution in [3.05, 3.63) is 71.4 Å². The smallest absolute Gasteiger partial charge is 0.475 e. The number of esters is 1. The monoisotopic (exact) mass is 565 g/mol. The van der Waals surface area contributed by atoms with Gasteiger partial charge in [-0.15, -0.1) is 13.2 Å². The van der Waals surface area contributed by atoms with Gasteiger partial charge in [-0.2, -0.15) is 5.10 Å². The van der Waals surface area contributed by atoms with Crippen molar-refractivity contribution in [1.82, 2.24) is 15.1 Å². The molecule has 1 N–H and O–H groups in total. The number of rotatable bonds is 11. The van der Waals surface area contributed by atoms with Gasteiger partial charge < -0.3 is 19.5 Å². The van der Waals surface area contributed by atoms with Crippen LogP contribution in [0.4, 0.5) is 13.2 Å². The van der Waals surface area contributed by atoms with Crippen LogP contribution in [0, 0.1) is 0 Å². The van der Waals surface area contributed by atoms with Gasteiger partial charge in [0.15, 0.2) is 5.60 Å². The predicted molar refractivity (Wildman–Crippen MR) is 144 cm³/mol. The number of carbonyl (C=O) groups excluding carboxylic acids is 1. The summed E-state index contributed by atoms with van der Waals surface area (Å²) in [5, 5.41) is 8.21. The summed E-state index contributed by atoms with van der Waals surface area (Å²) in [6.07, 6.45) is -4.26. The number of allylic oxidation sites excluding steroid dienone is 1. The van der Waals surface area contributed by atoms with Crippen LogP contribution in [-0.4, -0.2) is 41.4 Å². The SMILES string of the molecule is C=C(C)n1nc(-c2ccc(OC(F)(F)F)cc2)cc1CC(NC)c1ccc(OC(C)(C)C(=O)OCC)c(Cl)c1. The first-order chi connectivity index (χ1) is 18.2. The van der Waals surface area contributed by atoms with E-state index in [4.69, 9.17) is 21.1 Å². The summed E-state index contributed by atoms with van der Waals surface area (Å²) in [7, 11) is 1.81. The van der Waals surface area contributed by atoms with E-state index in [1.807, 2.05) is 26.1 Å². The van der Waals surface area contributed by atoms with Gasteiger partial charge in [-0.25, -0.2) is 9.48 Å². The number of ether oxygens (including phenoxy) is 3. The summed E-state index contributed by atoms with van der Waals surface area (Å²) < 4.78 is 54.1. The molecule has 1 heterocycles. The van der Waals surface area contributed by atoms with Gasteiger partial charge in [-0.1, -0.05) is 24.2 Å². The Labute approximate surface area is 230 Å². The average Bonchev–Trinajstić information content (AvgIpc) is 3.27. The van der Waals surface area contributed by atoms with Crippen LogP contribution in [0.1, 0.15) is 45.0 Å². The van der Waals surface area contributed by atoms with Crippen molar-refractivity contribution in [3.8, 4) is 22.8 Å². The zero-order valence-electron chi connectivity index (χ0n) is 22.4. The van der Waals surface area contributed by atoms with Crippen molar-refractivity contribution in [2.75, 3.05) is 13.7 Å². The van der Waals surface area contributed by atoms with Gasteiger partial charge in [-0.05, 0) is 82.8 Å². The van der Waals surface area contributed by atoms with Gasteiger partial charge in [0.2, 0.25) is 0 Å². The van der Waals surface area contributed by atoms with Gasteiger partial charge in [-0.3, -0.25) is 0 Å². The van der Waals surface area contributed by atoms with Crippen molar-refractivity contribution < 1.29 is 32.2 Å². The lowest BCUT2D eigenvalue weighted by atomic mass is 10.0. The predicted octanol–water partition coefficient (Wildman–Crippen LogP) is 6.82. The molecular formula is C28H31ClF3N3O4. The number of hydrogen-bond donors (Lipinski definition) is 1. The lowest BCUT2D eigenvalue weighted by Gasteiger charge is -2.25. The summed E-state index contributed by atoms with van der Waals surface area (Å²) in [4.78, 5) is 12.2. The molecule has 0 aliphatic heterocycles. The number of likely N-dealkylation sites (N-methyl/N-ethyl adjacent to an activating group) is 1. The third-order valence-electron chi connectivity index (χ3n) is 5.78. The van der Waals surface area contributed by atoms with Crippen LogP contribution in [0.2, 0.25) is 5.02 Å². The third kappa shape index (κ3) is 7.77. The Morgan fingerprint density at radius 1 is 1.13 bits per heavy atom. The van der Waals surface area contributed by atoms with Crippen molar-refractivity contribution in [2.45, 2.75) is 52.1 Å². The summed E-state index contributed by atoms with van der Waals surface area (Å²) >= 11 is 6.52. The molecule has 3 rings (SSSR count). The summed E-state index contributed by atoms with van der Waals surface area (Å²) in [5.74, 6) is -0.457. The van der Waals surface area contributed by atoms with Gasteiger partial charge in [0.1, 0.15) is 11.5 Å². The van der Waals surface area contributed by atoms with Crippen LogP contribution in [-0.2, 0) is 16.0 Å². The molecule has 1 atom stereocenters. The van der Waals surface area contributed by atoms with E-state index in [2.05, 4.69) is 21.7 Å². The Bertz CT molecular complexity index is 1320. The van der Waals surface area contributed by atoms with Crippen LogP contribution >= 0.6 is 11.6 Å². The summed E-state index contributed by atoms with van der Waals surface area (Å²) in [6, 6.07) is 12.5. The highest BCUT2D eigenvalue weighted by atomic mass is 35.5. The average molecular weight is 566 g/mol. The molecule has 0 saturated heterocycles. The molecule has 3 aromatic rings. The highest BCUT2D eigenvalue weighted by molar-refractivity contribution is 6.32. The molecule has 7 nitrogen and oxygen atoms in total. The number of nitrogens with one attached hydrogen (secondary N) is 1. The second kappa shape index (κ2) is 12.1. The number of aromatic nitrogens is 2. The third-order valence-corrected chi connectivity index (χ3v) is 6.08. The van der Waals surface area contributed by atoms with Crippen molar-refractivity contribution >= 4 is 23.3 Å². The van der Waals surface area contributed by atoms with E-state index < -0.39 is 17.9 Å². The fourth-order valence-corrected chi connectivity index (χ4v) is 4.13. The molecule has 39 heavy (non-hydrogen) atoms. The Morgan fingerprint density at radius 3 is 2.33 bits per heavy atom. The maximum atomic E-state index is 12.5. The van der Waals surface area contributed by atoms with Gasteiger partial charge in [0.05, 0.1) is 17.3 Å². The first-order valence-corrected chi connectivity index (χ1v) is 12.6. The standard InChI is InChI=1S/C28H31ClF3N3O4/c1-7-37-26(36)27(4,5)39-25-13-10-19(14-22(25)29)23(33-6)15-20-16-24(34-35(20)17(2)3)18-8-11-21(12-9-18)38-28(30,31)32/h8-14,16,23,33H,2,7,15H2,1,3-6H3. The largest absolute Gasteiger partial charge is 0.573 e. The molecule has 0 amide bonds. The molecule has 1 aromatic heterocycles. The number of carbonyl (C=O) groups is 1. The van der Waals surface area contributed by atoms with E-state index in [0.29, 0.717) is 34.1 Å². The molecule has 1 unspecified atom stereocenters. The van der Waals surface area contributed by atoms with Gasteiger partial charge in [0.25, 0.3) is 0 Å². The normalized spacial score (nSPS) is 12.6. The van der Waals surface area contributed by atoms with E-state index in [1.54, 1.807) is 37.6 Å². The van der Waals surface area contributed by atoms with Crippen LogP contribution in [0.25, 0.3) is 17.0 Å². The Morgan fingerprint density at radius 2 is 1.79 bits per heavy atom. The highest BCUT2D eigenvalue weighted by Gasteiger charge is 2.33. The van der Waals surface area contributed by atoms with E-state index in [0.717, 1.165) is 11.3 Å². The number of halogens is 4. The number of alkyl halides is 3. The van der Waals surface area contributed by atoms with Crippen LogP contribution in [0.3, 0.4) is 0 Å². The molecule has 2 aromatic carbocycles. The molecule has 210 valence electrons. The van der Waals surface area contributed by atoms with Crippen LogP contribution in [0.15, 0.2) is 55.1 Å². The molecule has 0 bridgehead atoms. The fourth-order valence-electron chi connectivity index (χ4n) is 3.90. The van der Waals surface area contributed by atoms with Crippen LogP contribution in [0.5, 0.6) is 11.5 Å². The quantitative estimate of drug-likeness (QED) is 0.257. The molecule has 11 heteroatoms. The van der Waals surface area contributed by atoms with Gasteiger partial charge in [0, 0.05) is 29.4 Å². The van der Waals surface area contributed by atoms with E-state index >= 15 is 0 Å². The minimum atomic E-state index is -4.76. The van der Waals surface area contributed by atoms with Gasteiger partial charge >= 0.3 is 12.3 Å². The molecule has 0 radical (unpaired) electrons. The summed E-state index contributed by atoms with van der Waals surface area (Å²) in [6.45, 7) is 11.0. The lowest BCUT2D eigenvalue weighted by molar-refractivity contribution is -0.274. The minimum Gasteiger partial charge on any atom is -0.475 e. The van der Waals surface area contributed by atoms with Crippen molar-refractivity contribution in [2.24, 2.45) is 0 Å². The lowest BCUT2D eigenvalue weighted by Crippen LogP contribution is -2.39. The Balaban J connectivity index is 1.84. The number of hydrogen-bond acceptors (Lipinski definition) is 6. The zero-order valence-corrected chi connectivity index (χ0v) is 23.1. The van der Waals surface area contributed by atoms with E-state index in [1.165, 1.54) is 24.3 Å². The highest BCUT2D eigenvalue weighted by Crippen LogP contribution is 2.33. The first-order valence-electron chi connectivity index (χ1n) is 12.2. The van der Waals surface area contributed by atoms with Crippen LogP contribution < -0.4 is 14.8 Å². The molecule has 0 fully saturated rings.